The van der Waals surface area contributed by atoms with E-state index in [2.05, 4.69) is 10.0 Å². The minimum atomic E-state index is -0.479. The Labute approximate surface area is 138 Å². The molecule has 1 fully saturated rings. The van der Waals surface area contributed by atoms with Crippen LogP contribution in [0.15, 0.2) is 5.11 Å². The van der Waals surface area contributed by atoms with E-state index in [9.17, 15) is 0 Å². The SMILES string of the molecule is Cc1c(N)c(C)c(B2OC(C)(C)C(C)(C)O2)c(C)c1CN=[N+]=[N-]. The number of benzene rings is 1. The summed E-state index contributed by atoms with van der Waals surface area (Å²) in [5.74, 6) is 0. The fraction of sp³-hybridized carbons (Fsp3) is 0.625. The lowest BCUT2D eigenvalue weighted by atomic mass is 9.71. The first kappa shape index (κ1) is 17.7. The molecule has 0 spiro atoms. The fourth-order valence-electron chi connectivity index (χ4n) is 2.97. The lowest BCUT2D eigenvalue weighted by Gasteiger charge is -2.32. The van der Waals surface area contributed by atoms with Gasteiger partial charge in [0.25, 0.3) is 0 Å². The molecule has 1 heterocycles. The molecule has 0 unspecified atom stereocenters. The molecule has 7 heteroatoms. The summed E-state index contributed by atoms with van der Waals surface area (Å²) >= 11 is 0. The fourth-order valence-corrected chi connectivity index (χ4v) is 2.97. The van der Waals surface area contributed by atoms with Crippen LogP contribution < -0.4 is 11.2 Å². The number of nitrogens with zero attached hydrogens (tertiary/aromatic N) is 3. The quantitative estimate of drug-likeness (QED) is 0.305. The van der Waals surface area contributed by atoms with Crippen molar-refractivity contribution in [3.05, 3.63) is 32.7 Å². The number of rotatable bonds is 3. The number of anilines is 1. The van der Waals surface area contributed by atoms with Gasteiger partial charge in [0.05, 0.1) is 17.7 Å². The minimum absolute atomic E-state index is 0.269. The van der Waals surface area contributed by atoms with Crippen molar-refractivity contribution < 1.29 is 9.31 Å². The Hall–Kier alpha value is -1.69. The van der Waals surface area contributed by atoms with Gasteiger partial charge in [-0.3, -0.25) is 0 Å². The van der Waals surface area contributed by atoms with E-state index >= 15 is 0 Å². The normalized spacial score (nSPS) is 18.8. The number of hydrogen-bond donors (Lipinski definition) is 1. The maximum Gasteiger partial charge on any atom is 0.495 e. The van der Waals surface area contributed by atoms with Crippen molar-refractivity contribution in [3.8, 4) is 0 Å². The predicted molar refractivity (Wildman–Crippen MR) is 93.6 cm³/mol. The van der Waals surface area contributed by atoms with Gasteiger partial charge in [-0.1, -0.05) is 5.11 Å². The van der Waals surface area contributed by atoms with Gasteiger partial charge in [-0.05, 0) is 81.7 Å². The Morgan fingerprint density at radius 1 is 1.04 bits per heavy atom. The van der Waals surface area contributed by atoms with E-state index in [1.54, 1.807) is 0 Å². The van der Waals surface area contributed by atoms with Gasteiger partial charge >= 0.3 is 7.12 Å². The van der Waals surface area contributed by atoms with E-state index in [0.29, 0.717) is 5.69 Å². The topological polar surface area (TPSA) is 93.2 Å². The van der Waals surface area contributed by atoms with Crippen molar-refractivity contribution in [2.24, 2.45) is 5.11 Å². The van der Waals surface area contributed by atoms with E-state index < -0.39 is 18.3 Å². The molecule has 124 valence electrons. The first-order chi connectivity index (χ1) is 10.5. The van der Waals surface area contributed by atoms with Crippen LogP contribution in [0.5, 0.6) is 0 Å². The van der Waals surface area contributed by atoms with Crippen molar-refractivity contribution in [3.63, 3.8) is 0 Å². The van der Waals surface area contributed by atoms with Crippen LogP contribution in [0.1, 0.15) is 49.9 Å². The molecule has 1 aliphatic rings. The Bertz CT molecular complexity index is 678. The molecular weight excluding hydrogens is 291 g/mol. The Kier molecular flexibility index (Phi) is 4.41. The van der Waals surface area contributed by atoms with Gasteiger partial charge in [0, 0.05) is 10.6 Å². The molecule has 1 aliphatic heterocycles. The zero-order valence-electron chi connectivity index (χ0n) is 15.0. The average molecular weight is 316 g/mol. The maximum atomic E-state index is 8.63. The maximum absolute atomic E-state index is 8.63. The zero-order chi connectivity index (χ0) is 17.6. The first-order valence-corrected chi connectivity index (χ1v) is 7.78. The third kappa shape index (κ3) is 2.80. The van der Waals surface area contributed by atoms with E-state index in [4.69, 9.17) is 20.6 Å². The molecule has 2 rings (SSSR count). The van der Waals surface area contributed by atoms with E-state index in [1.165, 1.54) is 0 Å². The number of nitrogen functional groups attached to an aromatic ring is 1. The van der Waals surface area contributed by atoms with E-state index in [0.717, 1.165) is 27.7 Å². The van der Waals surface area contributed by atoms with Crippen molar-refractivity contribution in [1.29, 1.82) is 0 Å². The molecule has 0 bridgehead atoms. The number of azide groups is 1. The van der Waals surface area contributed by atoms with Crippen molar-refractivity contribution in [2.75, 3.05) is 5.73 Å². The van der Waals surface area contributed by atoms with Crippen LogP contribution in [0.3, 0.4) is 0 Å². The van der Waals surface area contributed by atoms with Gasteiger partial charge in [0.2, 0.25) is 0 Å². The van der Waals surface area contributed by atoms with Crippen LogP contribution in [0, 0.1) is 20.8 Å². The molecule has 0 atom stereocenters. The van der Waals surface area contributed by atoms with Crippen LogP contribution >= 0.6 is 0 Å². The second-order valence-electron chi connectivity index (χ2n) is 7.16. The third-order valence-corrected chi connectivity index (χ3v) is 5.30. The molecule has 0 aliphatic carbocycles. The molecule has 1 saturated heterocycles. The molecule has 6 nitrogen and oxygen atoms in total. The van der Waals surface area contributed by atoms with Gasteiger partial charge < -0.3 is 15.0 Å². The van der Waals surface area contributed by atoms with Crippen molar-refractivity contribution in [1.82, 2.24) is 0 Å². The van der Waals surface area contributed by atoms with Gasteiger partial charge in [0.1, 0.15) is 0 Å². The lowest BCUT2D eigenvalue weighted by molar-refractivity contribution is 0.00578. The predicted octanol–water partition coefficient (Wildman–Crippen LogP) is 3.30. The Morgan fingerprint density at radius 2 is 1.57 bits per heavy atom. The Morgan fingerprint density at radius 3 is 2.04 bits per heavy atom. The second-order valence-corrected chi connectivity index (χ2v) is 7.16. The first-order valence-electron chi connectivity index (χ1n) is 7.78. The molecular formula is C16H25BN4O2. The van der Waals surface area contributed by atoms with Crippen LogP contribution in [0.4, 0.5) is 5.69 Å². The van der Waals surface area contributed by atoms with Gasteiger partial charge in [0.15, 0.2) is 0 Å². The molecule has 1 aromatic rings. The van der Waals surface area contributed by atoms with Crippen molar-refractivity contribution in [2.45, 2.75) is 66.2 Å². The number of hydrogen-bond acceptors (Lipinski definition) is 4. The zero-order valence-corrected chi connectivity index (χ0v) is 15.0. The minimum Gasteiger partial charge on any atom is -0.399 e. The summed E-state index contributed by atoms with van der Waals surface area (Å²) in [7, 11) is -0.479. The monoisotopic (exact) mass is 316 g/mol. The van der Waals surface area contributed by atoms with E-state index in [-0.39, 0.29) is 6.54 Å². The summed E-state index contributed by atoms with van der Waals surface area (Å²) in [6, 6.07) is 0. The summed E-state index contributed by atoms with van der Waals surface area (Å²) in [6.07, 6.45) is 0. The highest BCUT2D eigenvalue weighted by atomic mass is 16.7. The third-order valence-electron chi connectivity index (χ3n) is 5.30. The highest BCUT2D eigenvalue weighted by Crippen LogP contribution is 2.38. The van der Waals surface area contributed by atoms with Crippen LogP contribution in [0.2, 0.25) is 0 Å². The average Bonchev–Trinajstić information content (AvgIpc) is 2.65. The van der Waals surface area contributed by atoms with Gasteiger partial charge in [-0.2, -0.15) is 0 Å². The second kappa shape index (κ2) is 5.75. The molecule has 23 heavy (non-hydrogen) atoms. The van der Waals surface area contributed by atoms with Gasteiger partial charge in [-0.25, -0.2) is 0 Å². The van der Waals surface area contributed by atoms with Crippen molar-refractivity contribution >= 4 is 18.3 Å². The van der Waals surface area contributed by atoms with Crippen LogP contribution in [0.25, 0.3) is 10.4 Å². The largest absolute Gasteiger partial charge is 0.495 e. The number of nitrogens with two attached hydrogens (primary N) is 1. The summed E-state index contributed by atoms with van der Waals surface area (Å²) in [6.45, 7) is 14.3. The summed E-state index contributed by atoms with van der Waals surface area (Å²) in [5, 5.41) is 3.70. The highest BCUT2D eigenvalue weighted by molar-refractivity contribution is 6.63. The molecule has 0 radical (unpaired) electrons. The van der Waals surface area contributed by atoms with E-state index in [1.807, 2.05) is 48.5 Å². The molecule has 0 amide bonds. The summed E-state index contributed by atoms with van der Waals surface area (Å²) < 4.78 is 12.4. The smallest absolute Gasteiger partial charge is 0.399 e. The summed E-state index contributed by atoms with van der Waals surface area (Å²) in [5.41, 5.74) is 19.6. The van der Waals surface area contributed by atoms with Gasteiger partial charge in [-0.15, -0.1) is 0 Å². The van der Waals surface area contributed by atoms with Crippen LogP contribution in [-0.4, -0.2) is 18.3 Å². The highest BCUT2D eigenvalue weighted by Gasteiger charge is 2.52. The Balaban J connectivity index is 2.60. The molecule has 1 aromatic carbocycles. The molecule has 0 saturated carbocycles. The standard InChI is InChI=1S/C16H25BN4O2/c1-9-12(8-20-21-19)10(2)14(18)11(3)13(9)17-22-15(4,5)16(6,7)23-17/h8,18H2,1-7H3. The van der Waals surface area contributed by atoms with Crippen LogP contribution in [-0.2, 0) is 15.9 Å². The molecule has 0 aromatic heterocycles. The lowest BCUT2D eigenvalue weighted by Crippen LogP contribution is -2.41. The summed E-state index contributed by atoms with van der Waals surface area (Å²) in [4.78, 5) is 2.86. The molecule has 2 N–H and O–H groups in total.